The maximum Gasteiger partial charge on any atom is 0.240 e. The third-order valence-electron chi connectivity index (χ3n) is 3.96. The monoisotopic (exact) mass is 333 g/mol. The molecule has 1 fully saturated rings. The van der Waals surface area contributed by atoms with Crippen molar-refractivity contribution < 1.29 is 9.59 Å². The number of hydrogen-bond donors (Lipinski definition) is 4. The molecule has 0 radical (unpaired) electrons. The van der Waals surface area contributed by atoms with E-state index in [2.05, 4.69) is 33.4 Å². The van der Waals surface area contributed by atoms with Crippen LogP contribution < -0.4 is 21.5 Å². The summed E-state index contributed by atoms with van der Waals surface area (Å²) in [6, 6.07) is 3.99. The van der Waals surface area contributed by atoms with Crippen molar-refractivity contribution in [1.29, 1.82) is 0 Å². The Hall–Kier alpha value is -1.99. The summed E-state index contributed by atoms with van der Waals surface area (Å²) in [4.78, 5) is 27.8. The van der Waals surface area contributed by atoms with Gasteiger partial charge in [0.15, 0.2) is 0 Å². The van der Waals surface area contributed by atoms with E-state index < -0.39 is 0 Å². The number of rotatable bonds is 5. The lowest BCUT2D eigenvalue weighted by molar-refractivity contribution is -0.127. The van der Waals surface area contributed by atoms with Crippen LogP contribution in [0.4, 0.5) is 0 Å². The molecular formula is C17H27N5O2. The number of nitrogens with one attached hydrogen (secondary N) is 4. The molecule has 0 saturated carbocycles. The first kappa shape index (κ1) is 18.4. The van der Waals surface area contributed by atoms with Gasteiger partial charge in [-0.05, 0) is 23.1 Å². The van der Waals surface area contributed by atoms with E-state index in [9.17, 15) is 9.59 Å². The Labute approximate surface area is 143 Å². The summed E-state index contributed by atoms with van der Waals surface area (Å²) in [6.07, 6.45) is 3.69. The van der Waals surface area contributed by atoms with Crippen LogP contribution in [0.2, 0.25) is 0 Å². The van der Waals surface area contributed by atoms with Gasteiger partial charge in [0.1, 0.15) is 0 Å². The van der Waals surface area contributed by atoms with Crippen LogP contribution >= 0.6 is 0 Å². The van der Waals surface area contributed by atoms with Crippen LogP contribution in [0.3, 0.4) is 0 Å². The van der Waals surface area contributed by atoms with Crippen LogP contribution in [0.5, 0.6) is 0 Å². The molecule has 24 heavy (non-hydrogen) atoms. The molecule has 0 aromatic carbocycles. The number of nitrogens with zero attached hydrogens (tertiary/aromatic N) is 1. The fraction of sp³-hybridized carbons (Fsp3) is 0.588. The van der Waals surface area contributed by atoms with E-state index in [1.165, 1.54) is 0 Å². The predicted molar refractivity (Wildman–Crippen MR) is 91.4 cm³/mol. The Morgan fingerprint density at radius 2 is 1.83 bits per heavy atom. The summed E-state index contributed by atoms with van der Waals surface area (Å²) in [5, 5.41) is 5.57. The number of hydrazine groups is 1. The predicted octanol–water partition coefficient (Wildman–Crippen LogP) is 0.861. The van der Waals surface area contributed by atoms with E-state index in [0.29, 0.717) is 6.42 Å². The molecule has 3 unspecified atom stereocenters. The zero-order chi connectivity index (χ0) is 17.7. The summed E-state index contributed by atoms with van der Waals surface area (Å²) in [6.45, 7) is 8.01. The lowest BCUT2D eigenvalue weighted by Gasteiger charge is -2.20. The molecule has 132 valence electrons. The molecule has 1 aromatic heterocycles. The highest BCUT2D eigenvalue weighted by Crippen LogP contribution is 2.26. The molecule has 0 bridgehead atoms. The first-order valence-electron chi connectivity index (χ1n) is 8.23. The summed E-state index contributed by atoms with van der Waals surface area (Å²) in [5.41, 5.74) is 7.31. The van der Waals surface area contributed by atoms with Gasteiger partial charge in [-0.25, -0.2) is 10.9 Å². The molecule has 2 heterocycles. The topological polar surface area (TPSA) is 95.2 Å². The van der Waals surface area contributed by atoms with Crippen molar-refractivity contribution in [2.45, 2.75) is 46.3 Å². The highest BCUT2D eigenvalue weighted by Gasteiger charge is 2.34. The summed E-state index contributed by atoms with van der Waals surface area (Å²) in [5.74, 6) is -0.168. The zero-order valence-electron chi connectivity index (χ0n) is 14.7. The van der Waals surface area contributed by atoms with Gasteiger partial charge in [-0.2, -0.15) is 0 Å². The molecule has 2 amide bonds. The largest absolute Gasteiger partial charge is 0.347 e. The number of pyridine rings is 1. The van der Waals surface area contributed by atoms with Crippen LogP contribution in [0.1, 0.15) is 45.7 Å². The second-order valence-corrected chi connectivity index (χ2v) is 7.47. The normalized spacial score (nSPS) is 23.8. The summed E-state index contributed by atoms with van der Waals surface area (Å²) >= 11 is 0. The average Bonchev–Trinajstić information content (AvgIpc) is 2.85. The van der Waals surface area contributed by atoms with E-state index in [0.717, 1.165) is 5.56 Å². The molecular weight excluding hydrogens is 306 g/mol. The van der Waals surface area contributed by atoms with E-state index >= 15 is 0 Å². The van der Waals surface area contributed by atoms with Gasteiger partial charge >= 0.3 is 0 Å². The summed E-state index contributed by atoms with van der Waals surface area (Å²) < 4.78 is 0. The van der Waals surface area contributed by atoms with Gasteiger partial charge in [0.05, 0.1) is 18.8 Å². The van der Waals surface area contributed by atoms with Crippen molar-refractivity contribution in [2.24, 2.45) is 11.3 Å². The molecule has 0 aliphatic carbocycles. The minimum atomic E-state index is -0.209. The molecule has 1 aliphatic heterocycles. The van der Waals surface area contributed by atoms with E-state index in [1.807, 2.05) is 32.9 Å². The number of aromatic nitrogens is 1. The Morgan fingerprint density at radius 1 is 1.17 bits per heavy atom. The van der Waals surface area contributed by atoms with Gasteiger partial charge in [-0.3, -0.25) is 14.6 Å². The lowest BCUT2D eigenvalue weighted by Crippen LogP contribution is -2.49. The highest BCUT2D eigenvalue weighted by molar-refractivity contribution is 5.85. The van der Waals surface area contributed by atoms with Crippen LogP contribution in [0.25, 0.3) is 0 Å². The second kappa shape index (κ2) is 7.72. The maximum atomic E-state index is 12.1. The minimum Gasteiger partial charge on any atom is -0.347 e. The fourth-order valence-corrected chi connectivity index (χ4v) is 2.71. The number of carbonyl (C=O) groups is 2. The Bertz CT molecular complexity index is 570. The molecule has 0 spiro atoms. The molecule has 2 rings (SSSR count). The quantitative estimate of drug-likeness (QED) is 0.641. The van der Waals surface area contributed by atoms with Crippen molar-refractivity contribution in [3.63, 3.8) is 0 Å². The van der Waals surface area contributed by atoms with Gasteiger partial charge in [0.25, 0.3) is 0 Å². The number of hydrogen-bond acceptors (Lipinski definition) is 5. The van der Waals surface area contributed by atoms with Gasteiger partial charge in [-0.15, -0.1) is 0 Å². The minimum absolute atomic E-state index is 0.0141. The number of amides is 2. The van der Waals surface area contributed by atoms with Crippen LogP contribution in [-0.4, -0.2) is 29.5 Å². The molecule has 4 N–H and O–H groups in total. The maximum absolute atomic E-state index is 12.1. The molecule has 1 saturated heterocycles. The van der Waals surface area contributed by atoms with Crippen molar-refractivity contribution >= 4 is 11.8 Å². The van der Waals surface area contributed by atoms with Crippen molar-refractivity contribution in [3.05, 3.63) is 30.1 Å². The van der Waals surface area contributed by atoms with Crippen LogP contribution in [0.15, 0.2) is 24.5 Å². The third kappa shape index (κ3) is 5.28. The molecule has 1 aromatic rings. The Morgan fingerprint density at radius 3 is 2.46 bits per heavy atom. The lowest BCUT2D eigenvalue weighted by atomic mass is 9.92. The standard InChI is InChI=1S/C17H27N5O2/c1-11-15(12-5-7-18-8-6-12)21-22-16(11)20-14(24)10-19-13(23)9-17(2,3)4/h5-8,11,15-16,21-22H,9-10H2,1-4H3,(H,19,23)(H,20,24). The van der Waals surface area contributed by atoms with Gasteiger partial charge in [-0.1, -0.05) is 27.7 Å². The molecule has 1 aliphatic rings. The zero-order valence-corrected chi connectivity index (χ0v) is 14.7. The average molecular weight is 333 g/mol. The Balaban J connectivity index is 1.80. The molecule has 7 heteroatoms. The van der Waals surface area contributed by atoms with E-state index in [-0.39, 0.29) is 41.9 Å². The van der Waals surface area contributed by atoms with Crippen LogP contribution in [0, 0.1) is 11.3 Å². The van der Waals surface area contributed by atoms with Crippen molar-refractivity contribution in [1.82, 2.24) is 26.5 Å². The first-order valence-corrected chi connectivity index (χ1v) is 8.23. The van der Waals surface area contributed by atoms with Crippen LogP contribution in [-0.2, 0) is 9.59 Å². The third-order valence-corrected chi connectivity index (χ3v) is 3.96. The smallest absolute Gasteiger partial charge is 0.240 e. The second-order valence-electron chi connectivity index (χ2n) is 7.47. The van der Waals surface area contributed by atoms with Crippen molar-refractivity contribution in [2.75, 3.05) is 6.54 Å². The van der Waals surface area contributed by atoms with Crippen molar-refractivity contribution in [3.8, 4) is 0 Å². The Kier molecular flexibility index (Phi) is 5.90. The van der Waals surface area contributed by atoms with Gasteiger partial charge < -0.3 is 10.6 Å². The van der Waals surface area contributed by atoms with Gasteiger partial charge in [0, 0.05) is 24.7 Å². The summed E-state index contributed by atoms with van der Waals surface area (Å²) in [7, 11) is 0. The fourth-order valence-electron chi connectivity index (χ4n) is 2.71. The van der Waals surface area contributed by atoms with E-state index in [1.54, 1.807) is 12.4 Å². The molecule has 7 nitrogen and oxygen atoms in total. The van der Waals surface area contributed by atoms with Gasteiger partial charge in [0.2, 0.25) is 11.8 Å². The number of carbonyl (C=O) groups excluding carboxylic acids is 2. The first-order chi connectivity index (χ1) is 11.3. The van der Waals surface area contributed by atoms with E-state index in [4.69, 9.17) is 0 Å². The molecule has 3 atom stereocenters. The SMILES string of the molecule is CC1C(NC(=O)CNC(=O)CC(C)(C)C)NNC1c1ccncc1. The highest BCUT2D eigenvalue weighted by atomic mass is 16.2.